The monoisotopic (exact) mass is 362 g/mol. The minimum Gasteiger partial charge on any atom is -0.323 e. The van der Waals surface area contributed by atoms with E-state index in [1.807, 2.05) is 52.7 Å². The summed E-state index contributed by atoms with van der Waals surface area (Å²) in [6.45, 7) is 3.18. The highest BCUT2D eigenvalue weighted by atomic mass is 19.1. The number of hydrogen-bond acceptors (Lipinski definition) is 4. The summed E-state index contributed by atoms with van der Waals surface area (Å²) in [5.74, 6) is 1.16. The Kier molecular flexibility index (Phi) is 4.50. The molecule has 0 radical (unpaired) electrons. The van der Waals surface area contributed by atoms with Crippen LogP contribution in [0.1, 0.15) is 18.3 Å². The lowest BCUT2D eigenvalue weighted by Gasteiger charge is -2.10. The van der Waals surface area contributed by atoms with Crippen molar-refractivity contribution in [1.29, 1.82) is 0 Å². The molecular formula is C20H19FN6. The van der Waals surface area contributed by atoms with Gasteiger partial charge in [-0.25, -0.2) is 9.97 Å². The van der Waals surface area contributed by atoms with Gasteiger partial charge < -0.3 is 9.13 Å². The third-order valence-corrected chi connectivity index (χ3v) is 4.40. The number of pyridine rings is 1. The largest absolute Gasteiger partial charge is 0.323 e. The number of nitrogens with zero attached hydrogens (tertiary/aromatic N) is 6. The molecule has 0 unspecified atom stereocenters. The van der Waals surface area contributed by atoms with E-state index in [1.54, 1.807) is 19.3 Å². The van der Waals surface area contributed by atoms with Crippen LogP contribution in [0, 0.1) is 5.95 Å². The van der Waals surface area contributed by atoms with Crippen LogP contribution < -0.4 is 0 Å². The van der Waals surface area contributed by atoms with Gasteiger partial charge in [0.25, 0.3) is 0 Å². The second-order valence-electron chi connectivity index (χ2n) is 6.14. The van der Waals surface area contributed by atoms with Gasteiger partial charge in [-0.15, -0.1) is 0 Å². The lowest BCUT2D eigenvalue weighted by atomic mass is 10.1. The van der Waals surface area contributed by atoms with Gasteiger partial charge in [-0.3, -0.25) is 4.99 Å². The Hall–Kier alpha value is -3.35. The molecule has 136 valence electrons. The van der Waals surface area contributed by atoms with Crippen molar-refractivity contribution in [2.75, 3.05) is 7.05 Å². The highest BCUT2D eigenvalue weighted by Gasteiger charge is 2.14. The molecular weight excluding hydrogens is 343 g/mol. The molecule has 0 aliphatic heterocycles. The van der Waals surface area contributed by atoms with Gasteiger partial charge in [0.15, 0.2) is 5.65 Å². The molecule has 0 atom stereocenters. The summed E-state index contributed by atoms with van der Waals surface area (Å²) < 4.78 is 17.5. The van der Waals surface area contributed by atoms with Crippen LogP contribution in [0.3, 0.4) is 0 Å². The van der Waals surface area contributed by atoms with Gasteiger partial charge in [0, 0.05) is 37.8 Å². The van der Waals surface area contributed by atoms with E-state index >= 15 is 0 Å². The Morgan fingerprint density at radius 1 is 1.19 bits per heavy atom. The van der Waals surface area contributed by atoms with Crippen LogP contribution in [0.4, 0.5) is 4.39 Å². The van der Waals surface area contributed by atoms with E-state index in [0.29, 0.717) is 24.3 Å². The molecule has 0 fully saturated rings. The van der Waals surface area contributed by atoms with E-state index in [2.05, 4.69) is 19.9 Å². The average molecular weight is 362 g/mol. The molecule has 0 bridgehead atoms. The maximum absolute atomic E-state index is 13.5. The number of rotatable bonds is 5. The fraction of sp³-hybridized carbons (Fsp3) is 0.200. The third kappa shape index (κ3) is 3.23. The van der Waals surface area contributed by atoms with E-state index in [-0.39, 0.29) is 0 Å². The van der Waals surface area contributed by atoms with Crippen molar-refractivity contribution < 1.29 is 4.39 Å². The SMILES string of the molecule is CCn1c(Cn2ccnc2-c2cccc(C=NC)c2)nc2ccc(F)nc21. The normalized spacial score (nSPS) is 11.7. The van der Waals surface area contributed by atoms with E-state index in [0.717, 1.165) is 22.8 Å². The second-order valence-corrected chi connectivity index (χ2v) is 6.14. The Morgan fingerprint density at radius 2 is 2.07 bits per heavy atom. The predicted molar refractivity (Wildman–Crippen MR) is 103 cm³/mol. The molecule has 0 N–H and O–H groups in total. The van der Waals surface area contributed by atoms with Crippen molar-refractivity contribution in [2.24, 2.45) is 4.99 Å². The number of benzene rings is 1. The minimum absolute atomic E-state index is 0.499. The van der Waals surface area contributed by atoms with Crippen LogP contribution in [0.25, 0.3) is 22.6 Å². The predicted octanol–water partition coefficient (Wildman–Crippen LogP) is 3.55. The van der Waals surface area contributed by atoms with Crippen LogP contribution in [0.2, 0.25) is 0 Å². The summed E-state index contributed by atoms with van der Waals surface area (Å²) >= 11 is 0. The summed E-state index contributed by atoms with van der Waals surface area (Å²) in [4.78, 5) is 17.2. The van der Waals surface area contributed by atoms with Crippen LogP contribution in [-0.4, -0.2) is 37.3 Å². The molecule has 0 aliphatic carbocycles. The van der Waals surface area contributed by atoms with Crippen LogP contribution >= 0.6 is 0 Å². The van der Waals surface area contributed by atoms with Gasteiger partial charge in [0.05, 0.1) is 6.54 Å². The summed E-state index contributed by atoms with van der Waals surface area (Å²) in [7, 11) is 1.75. The third-order valence-electron chi connectivity index (χ3n) is 4.40. The number of aliphatic imine (C=N–C) groups is 1. The van der Waals surface area contributed by atoms with Crippen LogP contribution in [-0.2, 0) is 13.1 Å². The number of hydrogen-bond donors (Lipinski definition) is 0. The molecule has 4 aromatic rings. The molecule has 0 saturated heterocycles. The summed E-state index contributed by atoms with van der Waals surface area (Å²) in [5, 5.41) is 0. The van der Waals surface area contributed by atoms with Crippen molar-refractivity contribution in [2.45, 2.75) is 20.0 Å². The van der Waals surface area contributed by atoms with Gasteiger partial charge in [-0.05, 0) is 30.7 Å². The summed E-state index contributed by atoms with van der Waals surface area (Å²) in [5.41, 5.74) is 3.28. The first-order valence-corrected chi connectivity index (χ1v) is 8.75. The van der Waals surface area contributed by atoms with Gasteiger partial charge in [0.1, 0.15) is 17.2 Å². The Labute approximate surface area is 156 Å². The highest BCUT2D eigenvalue weighted by molar-refractivity contribution is 5.81. The first-order valence-electron chi connectivity index (χ1n) is 8.75. The van der Waals surface area contributed by atoms with Crippen LogP contribution in [0.15, 0.2) is 53.8 Å². The average Bonchev–Trinajstić information content (AvgIpc) is 3.26. The number of aryl methyl sites for hydroxylation is 1. The molecule has 3 aromatic heterocycles. The molecule has 27 heavy (non-hydrogen) atoms. The summed E-state index contributed by atoms with van der Waals surface area (Å²) in [6.07, 6.45) is 5.50. The van der Waals surface area contributed by atoms with Crippen LogP contribution in [0.5, 0.6) is 0 Å². The van der Waals surface area contributed by atoms with Crippen molar-refractivity contribution >= 4 is 17.4 Å². The quantitative estimate of drug-likeness (QED) is 0.403. The van der Waals surface area contributed by atoms with Crippen molar-refractivity contribution in [3.05, 3.63) is 66.1 Å². The molecule has 3 heterocycles. The number of halogens is 1. The Balaban J connectivity index is 1.74. The van der Waals surface area contributed by atoms with Gasteiger partial charge in [-0.1, -0.05) is 18.2 Å². The molecule has 1 aromatic carbocycles. The molecule has 0 saturated carbocycles. The number of aromatic nitrogens is 5. The van der Waals surface area contributed by atoms with Crippen molar-refractivity contribution in [3.63, 3.8) is 0 Å². The molecule has 4 rings (SSSR count). The Morgan fingerprint density at radius 3 is 2.89 bits per heavy atom. The lowest BCUT2D eigenvalue weighted by molar-refractivity contribution is 0.583. The standard InChI is InChI=1S/C20H19FN6/c1-3-27-18(24-16-7-8-17(21)25-20(16)27)13-26-10-9-23-19(26)15-6-4-5-14(11-15)12-22-2/h4-12H,3,13H2,1-2H3. The fourth-order valence-electron chi connectivity index (χ4n) is 3.24. The number of fused-ring (bicyclic) bond motifs is 1. The maximum atomic E-state index is 13.5. The van der Waals surface area contributed by atoms with E-state index in [1.165, 1.54) is 6.07 Å². The van der Waals surface area contributed by atoms with Gasteiger partial charge >= 0.3 is 0 Å². The maximum Gasteiger partial charge on any atom is 0.214 e. The molecule has 7 heteroatoms. The lowest BCUT2D eigenvalue weighted by Crippen LogP contribution is -2.09. The number of imidazole rings is 2. The molecule has 0 aliphatic rings. The zero-order valence-corrected chi connectivity index (χ0v) is 15.2. The summed E-state index contributed by atoms with van der Waals surface area (Å²) in [6, 6.07) is 11.1. The van der Waals surface area contributed by atoms with Crippen molar-refractivity contribution in [1.82, 2.24) is 24.1 Å². The highest BCUT2D eigenvalue weighted by Crippen LogP contribution is 2.21. The minimum atomic E-state index is -0.499. The smallest absolute Gasteiger partial charge is 0.214 e. The van der Waals surface area contributed by atoms with Gasteiger partial charge in [0.2, 0.25) is 5.95 Å². The Bertz CT molecular complexity index is 1120. The molecule has 6 nitrogen and oxygen atoms in total. The topological polar surface area (TPSA) is 60.9 Å². The first kappa shape index (κ1) is 17.1. The van der Waals surface area contributed by atoms with Crippen molar-refractivity contribution in [3.8, 4) is 11.4 Å². The van der Waals surface area contributed by atoms with E-state index < -0.39 is 5.95 Å². The molecule has 0 spiro atoms. The van der Waals surface area contributed by atoms with E-state index in [9.17, 15) is 4.39 Å². The second kappa shape index (κ2) is 7.11. The fourth-order valence-corrected chi connectivity index (χ4v) is 3.24. The van der Waals surface area contributed by atoms with Gasteiger partial charge in [-0.2, -0.15) is 9.37 Å². The molecule has 0 amide bonds. The van der Waals surface area contributed by atoms with E-state index in [4.69, 9.17) is 0 Å². The zero-order valence-electron chi connectivity index (χ0n) is 15.2. The first-order chi connectivity index (χ1) is 13.2. The zero-order chi connectivity index (χ0) is 18.8.